The van der Waals surface area contributed by atoms with Gasteiger partial charge >= 0.3 is 0 Å². The molecule has 0 bridgehead atoms. The molecule has 0 aliphatic rings. The van der Waals surface area contributed by atoms with E-state index in [-0.39, 0.29) is 9.96 Å². The first kappa shape index (κ1) is 12.6. The van der Waals surface area contributed by atoms with Crippen molar-refractivity contribution in [1.29, 1.82) is 0 Å². The number of phenolic OH excluding ortho intramolecular Hbond substituents is 1. The van der Waals surface area contributed by atoms with Crippen molar-refractivity contribution in [3.05, 3.63) is 47.3 Å². The molecular weight excluding hydrogens is 272 g/mol. The predicted octanol–water partition coefficient (Wildman–Crippen LogP) is 1.77. The first-order chi connectivity index (χ1) is 8.59. The molecule has 18 heavy (non-hydrogen) atoms. The second-order valence-corrected chi connectivity index (χ2v) is 6.18. The van der Waals surface area contributed by atoms with Crippen molar-refractivity contribution in [2.75, 3.05) is 0 Å². The van der Waals surface area contributed by atoms with Crippen molar-refractivity contribution < 1.29 is 13.5 Å². The lowest BCUT2D eigenvalue weighted by Gasteiger charge is -2.00. The van der Waals surface area contributed by atoms with Crippen LogP contribution in [-0.4, -0.2) is 19.7 Å². The zero-order chi connectivity index (χ0) is 13.0. The van der Waals surface area contributed by atoms with Gasteiger partial charge in [0, 0.05) is 5.56 Å². The topological polar surface area (TPSA) is 78.8 Å². The number of hydrazone groups is 1. The summed E-state index contributed by atoms with van der Waals surface area (Å²) in [6, 6.07) is 9.64. The highest BCUT2D eigenvalue weighted by molar-refractivity contribution is 7.91. The Labute approximate surface area is 108 Å². The molecule has 0 atom stereocenters. The van der Waals surface area contributed by atoms with Crippen LogP contribution in [0.1, 0.15) is 5.56 Å². The molecule has 5 nitrogen and oxygen atoms in total. The van der Waals surface area contributed by atoms with Crippen LogP contribution in [0.25, 0.3) is 0 Å². The summed E-state index contributed by atoms with van der Waals surface area (Å²) in [6.07, 6.45) is 1.25. The van der Waals surface area contributed by atoms with Crippen LogP contribution in [0, 0.1) is 0 Å². The second-order valence-electron chi connectivity index (χ2n) is 3.34. The molecule has 1 heterocycles. The van der Waals surface area contributed by atoms with E-state index >= 15 is 0 Å². The molecule has 0 fully saturated rings. The van der Waals surface area contributed by atoms with Gasteiger partial charge in [-0.25, -0.2) is 0 Å². The third kappa shape index (κ3) is 2.88. The molecule has 0 amide bonds. The average Bonchev–Trinajstić information content (AvgIpc) is 2.86. The molecule has 0 saturated carbocycles. The number of benzene rings is 1. The van der Waals surface area contributed by atoms with E-state index in [9.17, 15) is 13.5 Å². The molecule has 0 spiro atoms. The number of rotatable bonds is 4. The molecule has 2 rings (SSSR count). The van der Waals surface area contributed by atoms with Gasteiger partial charge in [-0.1, -0.05) is 18.2 Å². The highest BCUT2D eigenvalue weighted by Gasteiger charge is 2.13. The van der Waals surface area contributed by atoms with E-state index in [1.54, 1.807) is 29.6 Å². The van der Waals surface area contributed by atoms with Crippen LogP contribution in [0.15, 0.2) is 51.1 Å². The van der Waals surface area contributed by atoms with Gasteiger partial charge in [0.25, 0.3) is 10.0 Å². The number of hydrogen-bond acceptors (Lipinski definition) is 5. The molecule has 0 unspecified atom stereocenters. The molecule has 0 aliphatic carbocycles. The van der Waals surface area contributed by atoms with Crippen LogP contribution >= 0.6 is 11.3 Å². The Morgan fingerprint density at radius 2 is 2.00 bits per heavy atom. The fourth-order valence-electron chi connectivity index (χ4n) is 1.22. The highest BCUT2D eigenvalue weighted by Crippen LogP contribution is 2.15. The van der Waals surface area contributed by atoms with E-state index in [4.69, 9.17) is 0 Å². The summed E-state index contributed by atoms with van der Waals surface area (Å²) < 4.78 is 23.6. The summed E-state index contributed by atoms with van der Waals surface area (Å²) in [4.78, 5) is 2.08. The molecule has 0 aliphatic heterocycles. The molecular formula is C11H10N2O3S2. The third-order valence-electron chi connectivity index (χ3n) is 2.07. The Hall–Kier alpha value is -1.86. The van der Waals surface area contributed by atoms with Crippen molar-refractivity contribution in [3.63, 3.8) is 0 Å². The van der Waals surface area contributed by atoms with Crippen molar-refractivity contribution in [1.82, 2.24) is 4.83 Å². The van der Waals surface area contributed by atoms with Gasteiger partial charge in [-0.2, -0.15) is 18.4 Å². The lowest BCUT2D eigenvalue weighted by atomic mass is 10.2. The zero-order valence-electron chi connectivity index (χ0n) is 9.15. The SMILES string of the molecule is O=S(=O)(N/N=C/c1ccccc1O)c1cccs1. The van der Waals surface area contributed by atoms with Gasteiger partial charge in [-0.05, 0) is 23.6 Å². The lowest BCUT2D eigenvalue weighted by Crippen LogP contribution is -2.17. The van der Waals surface area contributed by atoms with Crippen LogP contribution in [-0.2, 0) is 10.0 Å². The Morgan fingerprint density at radius 1 is 1.22 bits per heavy atom. The van der Waals surface area contributed by atoms with Crippen molar-refractivity contribution >= 4 is 27.6 Å². The molecule has 1 aromatic heterocycles. The summed E-state index contributed by atoms with van der Waals surface area (Å²) in [7, 11) is -3.61. The van der Waals surface area contributed by atoms with E-state index in [1.807, 2.05) is 0 Å². The van der Waals surface area contributed by atoms with E-state index in [0.717, 1.165) is 11.3 Å². The van der Waals surface area contributed by atoms with Crippen molar-refractivity contribution in [3.8, 4) is 5.75 Å². The summed E-state index contributed by atoms with van der Waals surface area (Å²) in [5.74, 6) is 0.0385. The lowest BCUT2D eigenvalue weighted by molar-refractivity contribution is 0.474. The number of phenols is 1. The fraction of sp³-hybridized carbons (Fsp3) is 0. The first-order valence-corrected chi connectivity index (χ1v) is 7.32. The smallest absolute Gasteiger partial charge is 0.286 e. The zero-order valence-corrected chi connectivity index (χ0v) is 10.8. The second kappa shape index (κ2) is 5.19. The summed E-state index contributed by atoms with van der Waals surface area (Å²) in [5.41, 5.74) is 0.436. The number of thiophene rings is 1. The van der Waals surface area contributed by atoms with Crippen LogP contribution in [0.5, 0.6) is 5.75 Å². The van der Waals surface area contributed by atoms with Gasteiger partial charge in [-0.3, -0.25) is 0 Å². The summed E-state index contributed by atoms with van der Waals surface area (Å²) in [6.45, 7) is 0. The number of aromatic hydroxyl groups is 1. The Balaban J connectivity index is 2.11. The number of hydrogen-bond donors (Lipinski definition) is 2. The minimum atomic E-state index is -3.61. The third-order valence-corrected chi connectivity index (χ3v) is 4.69. The van der Waals surface area contributed by atoms with E-state index in [2.05, 4.69) is 9.93 Å². The van der Waals surface area contributed by atoms with E-state index < -0.39 is 10.0 Å². The normalized spacial score (nSPS) is 11.8. The van der Waals surface area contributed by atoms with Crippen LogP contribution in [0.4, 0.5) is 0 Å². The van der Waals surface area contributed by atoms with Crippen LogP contribution < -0.4 is 4.83 Å². The van der Waals surface area contributed by atoms with Gasteiger partial charge in [-0.15, -0.1) is 11.3 Å². The highest BCUT2D eigenvalue weighted by atomic mass is 32.2. The average molecular weight is 282 g/mol. The Morgan fingerprint density at radius 3 is 2.67 bits per heavy atom. The number of nitrogens with one attached hydrogen (secondary N) is 1. The minimum absolute atomic E-state index is 0.0385. The monoisotopic (exact) mass is 282 g/mol. The van der Waals surface area contributed by atoms with Crippen molar-refractivity contribution in [2.24, 2.45) is 5.10 Å². The maximum atomic E-state index is 11.7. The van der Waals surface area contributed by atoms with Crippen molar-refractivity contribution in [2.45, 2.75) is 4.21 Å². The van der Waals surface area contributed by atoms with Crippen LogP contribution in [0.3, 0.4) is 0 Å². The molecule has 1 aromatic carbocycles. The molecule has 2 N–H and O–H groups in total. The Kier molecular flexibility index (Phi) is 3.63. The van der Waals surface area contributed by atoms with E-state index in [0.29, 0.717) is 5.56 Å². The number of nitrogens with zero attached hydrogens (tertiary/aromatic N) is 1. The molecule has 0 radical (unpaired) electrons. The fourth-order valence-corrected chi connectivity index (χ4v) is 3.00. The summed E-state index contributed by atoms with van der Waals surface area (Å²) in [5, 5.41) is 14.7. The maximum Gasteiger partial charge on any atom is 0.286 e. The van der Waals surface area contributed by atoms with Gasteiger partial charge in [0.2, 0.25) is 0 Å². The minimum Gasteiger partial charge on any atom is -0.507 e. The van der Waals surface area contributed by atoms with Gasteiger partial charge in [0.15, 0.2) is 0 Å². The van der Waals surface area contributed by atoms with Gasteiger partial charge in [0.05, 0.1) is 6.21 Å². The number of sulfonamides is 1. The predicted molar refractivity (Wildman–Crippen MR) is 70.3 cm³/mol. The standard InChI is InChI=1S/C11H10N2O3S2/c14-10-5-2-1-4-9(10)8-12-13-18(15,16)11-6-3-7-17-11/h1-8,13-14H/b12-8+. The van der Waals surface area contributed by atoms with Crippen LogP contribution in [0.2, 0.25) is 0 Å². The molecule has 0 saturated heterocycles. The molecule has 94 valence electrons. The Bertz CT molecular complexity index is 649. The number of para-hydroxylation sites is 1. The molecule has 7 heteroatoms. The quantitative estimate of drug-likeness (QED) is 0.662. The maximum absolute atomic E-state index is 11.7. The molecule has 2 aromatic rings. The van der Waals surface area contributed by atoms with Gasteiger partial charge in [0.1, 0.15) is 9.96 Å². The van der Waals surface area contributed by atoms with Gasteiger partial charge < -0.3 is 5.11 Å². The summed E-state index contributed by atoms with van der Waals surface area (Å²) >= 11 is 1.11. The largest absolute Gasteiger partial charge is 0.507 e. The van der Waals surface area contributed by atoms with E-state index in [1.165, 1.54) is 18.3 Å². The first-order valence-electron chi connectivity index (χ1n) is 4.96.